The lowest BCUT2D eigenvalue weighted by Gasteiger charge is -2.52. The molecule has 0 saturated carbocycles. The molecule has 3 rings (SSSR count). The highest BCUT2D eigenvalue weighted by Crippen LogP contribution is 2.41. The Balaban J connectivity index is 1.84. The SMILES string of the molecule is CO[C@@]1(C)O[C@@H]2C[C@H](OC(C)=O)CN(Cc3ccccc3)C[C@H]2O[C@]1(C)OC. The number of fused-ring (bicyclic) bond motifs is 1. The van der Waals surface area contributed by atoms with E-state index in [0.717, 1.165) is 6.54 Å². The van der Waals surface area contributed by atoms with Crippen molar-refractivity contribution in [1.82, 2.24) is 4.90 Å². The van der Waals surface area contributed by atoms with Gasteiger partial charge in [0.2, 0.25) is 11.6 Å². The Morgan fingerprint density at radius 3 is 2.25 bits per heavy atom. The summed E-state index contributed by atoms with van der Waals surface area (Å²) >= 11 is 0. The minimum Gasteiger partial charge on any atom is -0.461 e. The number of hydrogen-bond acceptors (Lipinski definition) is 7. The van der Waals surface area contributed by atoms with Gasteiger partial charge in [0, 0.05) is 47.2 Å². The van der Waals surface area contributed by atoms with Gasteiger partial charge in [-0.1, -0.05) is 30.3 Å². The van der Waals surface area contributed by atoms with Gasteiger partial charge in [-0.25, -0.2) is 0 Å². The van der Waals surface area contributed by atoms with Crippen LogP contribution in [0.25, 0.3) is 0 Å². The van der Waals surface area contributed by atoms with Crippen molar-refractivity contribution in [2.45, 2.75) is 63.6 Å². The molecule has 2 saturated heterocycles. The molecule has 0 bridgehead atoms. The van der Waals surface area contributed by atoms with Gasteiger partial charge < -0.3 is 23.7 Å². The highest BCUT2D eigenvalue weighted by molar-refractivity contribution is 5.66. The van der Waals surface area contributed by atoms with Crippen LogP contribution in [0.2, 0.25) is 0 Å². The molecule has 0 radical (unpaired) electrons. The lowest BCUT2D eigenvalue weighted by molar-refractivity contribution is -0.448. The molecule has 28 heavy (non-hydrogen) atoms. The van der Waals surface area contributed by atoms with Gasteiger partial charge in [-0.2, -0.15) is 0 Å². The second kappa shape index (κ2) is 8.47. The third-order valence-electron chi connectivity index (χ3n) is 5.75. The number of rotatable bonds is 5. The first-order chi connectivity index (χ1) is 13.3. The summed E-state index contributed by atoms with van der Waals surface area (Å²) in [5.41, 5.74) is 1.19. The smallest absolute Gasteiger partial charge is 0.302 e. The number of carbonyl (C=O) groups is 1. The van der Waals surface area contributed by atoms with Crippen LogP contribution in [0.4, 0.5) is 0 Å². The van der Waals surface area contributed by atoms with E-state index in [1.807, 2.05) is 25.1 Å². The van der Waals surface area contributed by atoms with Crippen molar-refractivity contribution in [1.29, 1.82) is 0 Å². The van der Waals surface area contributed by atoms with Crippen LogP contribution in [-0.4, -0.2) is 68.1 Å². The van der Waals surface area contributed by atoms with E-state index in [-0.39, 0.29) is 24.3 Å². The highest BCUT2D eigenvalue weighted by atomic mass is 16.8. The highest BCUT2D eigenvalue weighted by Gasteiger charge is 2.57. The normalized spacial score (nSPS) is 36.4. The number of nitrogens with zero attached hydrogens (tertiary/aromatic N) is 1. The fourth-order valence-electron chi connectivity index (χ4n) is 4.01. The minimum absolute atomic E-state index is 0.238. The zero-order valence-corrected chi connectivity index (χ0v) is 17.3. The number of hydrogen-bond donors (Lipinski definition) is 0. The first kappa shape index (κ1) is 21.2. The lowest BCUT2D eigenvalue weighted by Crippen LogP contribution is -2.66. The van der Waals surface area contributed by atoms with Gasteiger partial charge in [-0.15, -0.1) is 0 Å². The quantitative estimate of drug-likeness (QED) is 0.712. The predicted molar refractivity (Wildman–Crippen MR) is 102 cm³/mol. The third-order valence-corrected chi connectivity index (χ3v) is 5.75. The number of carbonyl (C=O) groups excluding carboxylic acids is 1. The van der Waals surface area contributed by atoms with Gasteiger partial charge >= 0.3 is 5.97 Å². The number of methoxy groups -OCH3 is 2. The van der Waals surface area contributed by atoms with E-state index in [4.69, 9.17) is 23.7 Å². The fraction of sp³-hybridized carbons (Fsp3) is 0.667. The van der Waals surface area contributed by atoms with E-state index >= 15 is 0 Å². The van der Waals surface area contributed by atoms with Crippen molar-refractivity contribution in [3.8, 4) is 0 Å². The van der Waals surface area contributed by atoms with E-state index in [9.17, 15) is 4.79 Å². The molecule has 5 atom stereocenters. The van der Waals surface area contributed by atoms with E-state index in [2.05, 4.69) is 17.0 Å². The lowest BCUT2D eigenvalue weighted by atomic mass is 10.0. The maximum Gasteiger partial charge on any atom is 0.302 e. The van der Waals surface area contributed by atoms with Crippen LogP contribution >= 0.6 is 0 Å². The van der Waals surface area contributed by atoms with Crippen LogP contribution in [0.15, 0.2) is 30.3 Å². The maximum absolute atomic E-state index is 11.6. The molecule has 7 heteroatoms. The van der Waals surface area contributed by atoms with Gasteiger partial charge in [0.05, 0.1) is 6.10 Å². The van der Waals surface area contributed by atoms with Crippen molar-refractivity contribution >= 4 is 5.97 Å². The molecule has 1 aromatic rings. The van der Waals surface area contributed by atoms with Crippen molar-refractivity contribution in [3.63, 3.8) is 0 Å². The zero-order valence-electron chi connectivity index (χ0n) is 17.3. The Morgan fingerprint density at radius 2 is 1.68 bits per heavy atom. The Bertz CT molecular complexity index is 670. The molecule has 7 nitrogen and oxygen atoms in total. The number of likely N-dealkylation sites (tertiary alicyclic amines) is 1. The standard InChI is InChI=1S/C21H31NO6/c1-15(23)26-17-11-18-19(28-21(3,25-5)20(2,24-4)27-18)14-22(13-17)12-16-9-7-6-8-10-16/h6-10,17-19H,11-14H2,1-5H3/t17-,18+,19+,20-,21-/m0/s1. The van der Waals surface area contributed by atoms with Crippen LogP contribution in [0.1, 0.15) is 32.8 Å². The molecular weight excluding hydrogens is 362 g/mol. The molecule has 0 aromatic heterocycles. The molecule has 156 valence electrons. The molecule has 2 heterocycles. The number of benzene rings is 1. The third kappa shape index (κ3) is 4.39. The van der Waals surface area contributed by atoms with E-state index in [0.29, 0.717) is 19.5 Å². The summed E-state index contributed by atoms with van der Waals surface area (Å²) in [4.78, 5) is 13.9. The van der Waals surface area contributed by atoms with Crippen LogP contribution in [0.5, 0.6) is 0 Å². The van der Waals surface area contributed by atoms with E-state index in [1.165, 1.54) is 12.5 Å². The molecule has 2 fully saturated rings. The molecule has 0 spiro atoms. The number of ether oxygens (including phenoxy) is 5. The van der Waals surface area contributed by atoms with Crippen LogP contribution < -0.4 is 0 Å². The average molecular weight is 393 g/mol. The molecule has 0 N–H and O–H groups in total. The molecule has 2 aliphatic rings. The molecular formula is C21H31NO6. The average Bonchev–Trinajstić information content (AvgIpc) is 2.80. The van der Waals surface area contributed by atoms with Crippen molar-refractivity contribution < 1.29 is 28.5 Å². The summed E-state index contributed by atoms with van der Waals surface area (Å²) in [5.74, 6) is -2.42. The molecule has 2 aliphatic heterocycles. The Labute approximate surface area is 166 Å². The molecule has 1 aromatic carbocycles. The van der Waals surface area contributed by atoms with Crippen LogP contribution in [0.3, 0.4) is 0 Å². The van der Waals surface area contributed by atoms with Gasteiger partial charge in [-0.05, 0) is 19.4 Å². The van der Waals surface area contributed by atoms with Gasteiger partial charge in [0.25, 0.3) is 0 Å². The predicted octanol–water partition coefficient (Wildman–Crippen LogP) is 2.33. The maximum atomic E-state index is 11.6. The Hall–Kier alpha value is -1.51. The van der Waals surface area contributed by atoms with Crippen molar-refractivity contribution in [3.05, 3.63) is 35.9 Å². The molecule has 0 aliphatic carbocycles. The summed E-state index contributed by atoms with van der Waals surface area (Å²) in [6.07, 6.45) is -0.266. The van der Waals surface area contributed by atoms with Crippen molar-refractivity contribution in [2.75, 3.05) is 27.3 Å². The monoisotopic (exact) mass is 393 g/mol. The van der Waals surface area contributed by atoms with Gasteiger partial charge in [-0.3, -0.25) is 9.69 Å². The fourth-order valence-corrected chi connectivity index (χ4v) is 4.01. The summed E-state index contributed by atoms with van der Waals surface area (Å²) in [5, 5.41) is 0. The van der Waals surface area contributed by atoms with E-state index in [1.54, 1.807) is 21.1 Å². The summed E-state index contributed by atoms with van der Waals surface area (Å²) < 4.78 is 29.6. The minimum atomic E-state index is -1.07. The summed E-state index contributed by atoms with van der Waals surface area (Å²) in [6.45, 7) is 7.04. The summed E-state index contributed by atoms with van der Waals surface area (Å²) in [7, 11) is 3.16. The summed E-state index contributed by atoms with van der Waals surface area (Å²) in [6, 6.07) is 10.2. The second-order valence-corrected chi connectivity index (χ2v) is 7.76. The van der Waals surface area contributed by atoms with Crippen LogP contribution in [0, 0.1) is 0 Å². The van der Waals surface area contributed by atoms with Gasteiger partial charge in [0.15, 0.2) is 0 Å². The first-order valence-electron chi connectivity index (χ1n) is 9.68. The molecule has 0 unspecified atom stereocenters. The van der Waals surface area contributed by atoms with Crippen molar-refractivity contribution in [2.24, 2.45) is 0 Å². The Morgan fingerprint density at radius 1 is 1.07 bits per heavy atom. The number of esters is 1. The van der Waals surface area contributed by atoms with Gasteiger partial charge in [0.1, 0.15) is 12.2 Å². The first-order valence-corrected chi connectivity index (χ1v) is 9.68. The Kier molecular flexibility index (Phi) is 6.41. The second-order valence-electron chi connectivity index (χ2n) is 7.76. The molecule has 0 amide bonds. The zero-order chi connectivity index (χ0) is 20.4. The topological polar surface area (TPSA) is 66.5 Å². The van der Waals surface area contributed by atoms with Crippen LogP contribution in [-0.2, 0) is 35.0 Å². The largest absolute Gasteiger partial charge is 0.461 e. The van der Waals surface area contributed by atoms with E-state index < -0.39 is 11.6 Å².